The van der Waals surface area contributed by atoms with Gasteiger partial charge in [0.2, 0.25) is 17.7 Å². The second-order valence-corrected chi connectivity index (χ2v) is 13.8. The summed E-state index contributed by atoms with van der Waals surface area (Å²) >= 11 is 0. The summed E-state index contributed by atoms with van der Waals surface area (Å²) in [7, 11) is 0. The van der Waals surface area contributed by atoms with Crippen LogP contribution in [-0.2, 0) is 35.3 Å². The van der Waals surface area contributed by atoms with Crippen molar-refractivity contribution in [3.63, 3.8) is 0 Å². The van der Waals surface area contributed by atoms with Crippen molar-refractivity contribution in [2.24, 2.45) is 11.8 Å². The van der Waals surface area contributed by atoms with Gasteiger partial charge in [0.15, 0.2) is 0 Å². The van der Waals surface area contributed by atoms with Crippen LogP contribution in [-0.4, -0.2) is 97.6 Å². The SMILES string of the molecule is C=CCCC(=O)OC[C@H](NC(=O)[C@@H]1[C@@H]2CC[C@]3(O2)[C@H](C(=O)N(CC=C)Cn2nnc4ccccc42)N(CCCCCCO)C(=O)[C@@H]13)c1ccccc1. The second kappa shape index (κ2) is 16.6. The molecule has 3 amide bonds. The van der Waals surface area contributed by atoms with Crippen LogP contribution in [0.1, 0.15) is 63.0 Å². The van der Waals surface area contributed by atoms with Gasteiger partial charge in [0.25, 0.3) is 0 Å². The number of carbonyl (C=O) groups is 4. The van der Waals surface area contributed by atoms with E-state index in [1.54, 1.807) is 26.6 Å². The molecule has 1 aromatic heterocycles. The predicted octanol–water partition coefficient (Wildman–Crippen LogP) is 3.70. The normalized spacial score (nSPS) is 23.7. The molecule has 3 aliphatic rings. The highest BCUT2D eigenvalue weighted by Crippen LogP contribution is 2.58. The van der Waals surface area contributed by atoms with Crippen molar-refractivity contribution in [3.05, 3.63) is 85.5 Å². The van der Waals surface area contributed by atoms with Gasteiger partial charge in [0.1, 0.15) is 30.4 Å². The van der Waals surface area contributed by atoms with Crippen LogP contribution in [0.2, 0.25) is 0 Å². The third-order valence-corrected chi connectivity index (χ3v) is 10.5. The van der Waals surface area contributed by atoms with Crippen LogP contribution in [0.25, 0.3) is 11.0 Å². The molecule has 13 heteroatoms. The molecule has 3 aliphatic heterocycles. The molecule has 2 bridgehead atoms. The minimum Gasteiger partial charge on any atom is -0.463 e. The lowest BCUT2D eigenvalue weighted by molar-refractivity contribution is -0.149. The number of rotatable bonds is 19. The average Bonchev–Trinajstić information content (AvgIpc) is 3.91. The van der Waals surface area contributed by atoms with Crippen LogP contribution in [0.15, 0.2) is 79.9 Å². The Balaban J connectivity index is 1.28. The second-order valence-electron chi connectivity index (χ2n) is 13.8. The summed E-state index contributed by atoms with van der Waals surface area (Å²) in [5.41, 5.74) is 1.01. The van der Waals surface area contributed by atoms with E-state index in [1.807, 2.05) is 54.6 Å². The zero-order chi connectivity index (χ0) is 36.7. The Labute approximate surface area is 303 Å². The minimum absolute atomic E-state index is 0.0811. The largest absolute Gasteiger partial charge is 0.463 e. The van der Waals surface area contributed by atoms with Crippen molar-refractivity contribution in [1.29, 1.82) is 0 Å². The molecule has 2 aromatic carbocycles. The number of para-hydroxylation sites is 1. The van der Waals surface area contributed by atoms with Gasteiger partial charge in [0.05, 0.1) is 29.5 Å². The number of nitrogens with zero attached hydrogens (tertiary/aromatic N) is 5. The molecule has 0 unspecified atom stereocenters. The molecule has 0 saturated carbocycles. The van der Waals surface area contributed by atoms with E-state index in [0.29, 0.717) is 44.2 Å². The van der Waals surface area contributed by atoms with Crippen LogP contribution in [0.4, 0.5) is 0 Å². The Morgan fingerprint density at radius 1 is 1.08 bits per heavy atom. The topological polar surface area (TPSA) is 156 Å². The van der Waals surface area contributed by atoms with E-state index in [2.05, 4.69) is 28.8 Å². The minimum atomic E-state index is -1.20. The highest BCUT2D eigenvalue weighted by atomic mass is 16.5. The van der Waals surface area contributed by atoms with Crippen molar-refractivity contribution in [3.8, 4) is 0 Å². The number of benzene rings is 2. The number of aliphatic hydroxyl groups is 1. The first-order valence-corrected chi connectivity index (χ1v) is 18.2. The number of hydrogen-bond donors (Lipinski definition) is 2. The molecule has 2 N–H and O–H groups in total. The molecule has 3 saturated heterocycles. The number of esters is 1. The number of allylic oxidation sites excluding steroid dienone is 1. The lowest BCUT2D eigenvalue weighted by atomic mass is 9.70. The summed E-state index contributed by atoms with van der Waals surface area (Å²) in [5, 5.41) is 20.9. The summed E-state index contributed by atoms with van der Waals surface area (Å²) < 4.78 is 13.9. The lowest BCUT2D eigenvalue weighted by Gasteiger charge is -2.36. The molecule has 6 rings (SSSR count). The van der Waals surface area contributed by atoms with Crippen molar-refractivity contribution in [1.82, 2.24) is 30.1 Å². The monoisotopic (exact) mass is 712 g/mol. The van der Waals surface area contributed by atoms with Crippen LogP contribution >= 0.6 is 0 Å². The number of ether oxygens (including phenoxy) is 2. The first kappa shape index (κ1) is 36.9. The summed E-state index contributed by atoms with van der Waals surface area (Å²) in [6, 6.07) is 15.1. The molecule has 4 heterocycles. The van der Waals surface area contributed by atoms with E-state index < -0.39 is 41.6 Å². The molecule has 6 atom stereocenters. The van der Waals surface area contributed by atoms with Crippen LogP contribution in [0.5, 0.6) is 0 Å². The quantitative estimate of drug-likeness (QED) is 0.108. The van der Waals surface area contributed by atoms with Crippen LogP contribution < -0.4 is 5.32 Å². The number of amides is 3. The average molecular weight is 713 g/mol. The third-order valence-electron chi connectivity index (χ3n) is 10.5. The Hall–Kier alpha value is -4.88. The van der Waals surface area contributed by atoms with E-state index in [0.717, 1.165) is 23.9 Å². The molecule has 0 aliphatic carbocycles. The van der Waals surface area contributed by atoms with Gasteiger partial charge >= 0.3 is 5.97 Å². The fourth-order valence-electron chi connectivity index (χ4n) is 8.09. The number of carbonyl (C=O) groups excluding carboxylic acids is 4. The van der Waals surface area contributed by atoms with Crippen molar-refractivity contribution in [2.45, 2.75) is 81.8 Å². The number of likely N-dealkylation sites (tertiary alicyclic amines) is 1. The molecule has 0 radical (unpaired) electrons. The molecule has 3 fully saturated rings. The van der Waals surface area contributed by atoms with Gasteiger partial charge in [-0.2, -0.15) is 0 Å². The summed E-state index contributed by atoms with van der Waals surface area (Å²) in [6.45, 7) is 8.14. The molecule has 276 valence electrons. The van der Waals surface area contributed by atoms with Crippen LogP contribution in [0.3, 0.4) is 0 Å². The first-order chi connectivity index (χ1) is 25.3. The van der Waals surface area contributed by atoms with Gasteiger partial charge in [-0.15, -0.1) is 18.3 Å². The lowest BCUT2D eigenvalue weighted by Crippen LogP contribution is -2.56. The fraction of sp³-hybridized carbons (Fsp3) is 0.487. The Morgan fingerprint density at radius 3 is 2.62 bits per heavy atom. The molecular weight excluding hydrogens is 664 g/mol. The molecule has 3 aromatic rings. The summed E-state index contributed by atoms with van der Waals surface area (Å²) in [5.74, 6) is -3.08. The Morgan fingerprint density at radius 2 is 1.85 bits per heavy atom. The predicted molar refractivity (Wildman–Crippen MR) is 192 cm³/mol. The zero-order valence-corrected chi connectivity index (χ0v) is 29.5. The highest BCUT2D eigenvalue weighted by Gasteiger charge is 2.74. The van der Waals surface area contributed by atoms with E-state index in [1.165, 1.54) is 0 Å². The number of aromatic nitrogens is 3. The van der Waals surface area contributed by atoms with Crippen molar-refractivity contribution >= 4 is 34.7 Å². The zero-order valence-electron chi connectivity index (χ0n) is 29.5. The molecular formula is C39H48N6O7. The van der Waals surface area contributed by atoms with Gasteiger partial charge in [-0.05, 0) is 49.8 Å². The number of unbranched alkanes of at least 4 members (excludes halogenated alkanes) is 3. The number of nitrogens with one attached hydrogen (secondary N) is 1. The molecule has 1 spiro atoms. The Bertz CT molecular complexity index is 1760. The van der Waals surface area contributed by atoms with Gasteiger partial charge in [0, 0.05) is 26.1 Å². The van der Waals surface area contributed by atoms with Gasteiger partial charge in [-0.25, -0.2) is 4.68 Å². The van der Waals surface area contributed by atoms with E-state index in [9.17, 15) is 24.3 Å². The maximum atomic E-state index is 14.8. The maximum Gasteiger partial charge on any atom is 0.306 e. The summed E-state index contributed by atoms with van der Waals surface area (Å²) in [6.07, 6.45) is 7.17. The van der Waals surface area contributed by atoms with Gasteiger partial charge < -0.3 is 29.7 Å². The van der Waals surface area contributed by atoms with E-state index in [-0.39, 0.29) is 50.6 Å². The summed E-state index contributed by atoms with van der Waals surface area (Å²) in [4.78, 5) is 59.4. The fourth-order valence-corrected chi connectivity index (χ4v) is 8.09. The molecule has 52 heavy (non-hydrogen) atoms. The number of fused-ring (bicyclic) bond motifs is 2. The standard InChI is InChI=1S/C39H48N6O7/c1-3-5-19-32(47)51-25-29(27-15-9-8-10-16-27)40-36(48)33-31-20-21-39(52-31)34(33)37(49)44(23-13-6-7-14-24-46)35(39)38(50)43(22-4-2)26-45-30-18-12-11-17-28(30)41-42-45/h3-4,8-12,15-18,29,31,33-35,46H,1-2,5-7,13-14,19-26H2,(H,40,48)/t29-,31-,33+,34+,35-,39+/m0/s1. The molecule has 13 nitrogen and oxygen atoms in total. The van der Waals surface area contributed by atoms with E-state index in [4.69, 9.17) is 9.47 Å². The van der Waals surface area contributed by atoms with E-state index >= 15 is 0 Å². The number of aliphatic hydroxyl groups excluding tert-OH is 1. The third kappa shape index (κ3) is 7.38. The van der Waals surface area contributed by atoms with Crippen molar-refractivity contribution in [2.75, 3.05) is 26.3 Å². The van der Waals surface area contributed by atoms with Crippen molar-refractivity contribution < 1.29 is 33.8 Å². The smallest absolute Gasteiger partial charge is 0.306 e. The van der Waals surface area contributed by atoms with Gasteiger partial charge in [-0.3, -0.25) is 19.2 Å². The van der Waals surface area contributed by atoms with Gasteiger partial charge in [-0.1, -0.05) is 72.7 Å². The number of hydrogen-bond acceptors (Lipinski definition) is 9. The maximum absolute atomic E-state index is 14.8. The highest BCUT2D eigenvalue weighted by molar-refractivity contribution is 5.99. The Kier molecular flexibility index (Phi) is 11.8. The first-order valence-electron chi connectivity index (χ1n) is 18.2. The van der Waals surface area contributed by atoms with Crippen LogP contribution in [0, 0.1) is 11.8 Å².